The van der Waals surface area contributed by atoms with Gasteiger partial charge in [-0.1, -0.05) is 30.9 Å². The van der Waals surface area contributed by atoms with Crippen LogP contribution in [-0.4, -0.2) is 7.05 Å². The van der Waals surface area contributed by atoms with Gasteiger partial charge in [-0.05, 0) is 65.7 Å². The van der Waals surface area contributed by atoms with Gasteiger partial charge in [0.15, 0.2) is 0 Å². The summed E-state index contributed by atoms with van der Waals surface area (Å²) in [7, 11) is 2.04. The summed E-state index contributed by atoms with van der Waals surface area (Å²) in [4.78, 5) is 0. The van der Waals surface area contributed by atoms with Gasteiger partial charge in [0, 0.05) is 14.6 Å². The molecule has 1 aromatic carbocycles. The van der Waals surface area contributed by atoms with Gasteiger partial charge in [0.1, 0.15) is 0 Å². The van der Waals surface area contributed by atoms with E-state index in [1.54, 1.807) is 0 Å². The molecular formula is C13H17ClIN. The summed E-state index contributed by atoms with van der Waals surface area (Å²) >= 11 is 8.46. The first-order chi connectivity index (χ1) is 7.70. The van der Waals surface area contributed by atoms with E-state index in [4.69, 9.17) is 11.6 Å². The van der Waals surface area contributed by atoms with Crippen LogP contribution in [-0.2, 0) is 0 Å². The Labute approximate surface area is 116 Å². The van der Waals surface area contributed by atoms with Crippen LogP contribution in [0.5, 0.6) is 0 Å². The van der Waals surface area contributed by atoms with E-state index in [0.29, 0.717) is 6.04 Å². The third kappa shape index (κ3) is 2.90. The summed E-state index contributed by atoms with van der Waals surface area (Å²) in [6, 6.07) is 6.62. The number of hydrogen-bond donors (Lipinski definition) is 1. The Morgan fingerprint density at radius 1 is 1.50 bits per heavy atom. The molecule has 0 aromatic heterocycles. The largest absolute Gasteiger partial charge is 0.313 e. The Kier molecular flexibility index (Phi) is 4.50. The second-order valence-electron chi connectivity index (χ2n) is 4.54. The molecule has 1 fully saturated rings. The maximum atomic E-state index is 6.07. The Morgan fingerprint density at radius 2 is 2.25 bits per heavy atom. The lowest BCUT2D eigenvalue weighted by atomic mass is 9.79. The predicted octanol–water partition coefficient (Wildman–Crippen LogP) is 4.40. The van der Waals surface area contributed by atoms with Crippen LogP contribution < -0.4 is 5.32 Å². The number of rotatable bonds is 4. The Morgan fingerprint density at radius 3 is 2.81 bits per heavy atom. The van der Waals surface area contributed by atoms with Crippen molar-refractivity contribution >= 4 is 34.2 Å². The monoisotopic (exact) mass is 349 g/mol. The van der Waals surface area contributed by atoms with Crippen LogP contribution in [0, 0.1) is 9.49 Å². The van der Waals surface area contributed by atoms with Crippen molar-refractivity contribution in [2.24, 2.45) is 5.92 Å². The molecule has 0 bridgehead atoms. The van der Waals surface area contributed by atoms with Crippen molar-refractivity contribution in [1.29, 1.82) is 0 Å². The van der Waals surface area contributed by atoms with E-state index in [9.17, 15) is 0 Å². The van der Waals surface area contributed by atoms with Crippen LogP contribution in [0.25, 0.3) is 0 Å². The summed E-state index contributed by atoms with van der Waals surface area (Å²) in [5.41, 5.74) is 1.35. The second-order valence-corrected chi connectivity index (χ2v) is 6.14. The molecule has 1 nitrogen and oxygen atoms in total. The third-order valence-electron chi connectivity index (χ3n) is 3.48. The van der Waals surface area contributed by atoms with Crippen LogP contribution in [0.2, 0.25) is 5.02 Å². The van der Waals surface area contributed by atoms with E-state index in [2.05, 4.69) is 40.0 Å². The number of nitrogens with one attached hydrogen (secondary N) is 1. The van der Waals surface area contributed by atoms with E-state index in [1.165, 1.54) is 34.8 Å². The lowest BCUT2D eigenvalue weighted by molar-refractivity contribution is 0.265. The molecule has 1 aromatic rings. The number of hydrogen-bond acceptors (Lipinski definition) is 1. The SMILES string of the molecule is CNC(CC1CCC1)c1cc(Cl)ccc1I. The fourth-order valence-corrected chi connectivity index (χ4v) is 3.14. The highest BCUT2D eigenvalue weighted by atomic mass is 127. The van der Waals surface area contributed by atoms with Gasteiger partial charge in [-0.3, -0.25) is 0 Å². The summed E-state index contributed by atoms with van der Waals surface area (Å²) < 4.78 is 1.31. The minimum Gasteiger partial charge on any atom is -0.313 e. The van der Waals surface area contributed by atoms with Gasteiger partial charge in [-0.2, -0.15) is 0 Å². The summed E-state index contributed by atoms with van der Waals surface area (Å²) in [6.07, 6.45) is 5.45. The molecule has 0 radical (unpaired) electrons. The normalized spacial score (nSPS) is 18.2. The molecule has 1 N–H and O–H groups in total. The highest BCUT2D eigenvalue weighted by molar-refractivity contribution is 14.1. The van der Waals surface area contributed by atoms with Gasteiger partial charge in [-0.25, -0.2) is 0 Å². The maximum Gasteiger partial charge on any atom is 0.0410 e. The second kappa shape index (κ2) is 5.69. The van der Waals surface area contributed by atoms with Crippen molar-refractivity contribution in [2.45, 2.75) is 31.7 Å². The molecule has 16 heavy (non-hydrogen) atoms. The standard InChI is InChI=1S/C13H17ClIN/c1-16-13(7-9-3-2-4-9)11-8-10(14)5-6-12(11)15/h5-6,8-9,13,16H,2-4,7H2,1H3. The van der Waals surface area contributed by atoms with Gasteiger partial charge in [-0.15, -0.1) is 0 Å². The Bertz CT molecular complexity index is 363. The van der Waals surface area contributed by atoms with Crippen LogP contribution in [0.3, 0.4) is 0 Å². The number of benzene rings is 1. The van der Waals surface area contributed by atoms with E-state index in [-0.39, 0.29) is 0 Å². The molecule has 1 aliphatic rings. The highest BCUT2D eigenvalue weighted by Gasteiger charge is 2.23. The van der Waals surface area contributed by atoms with E-state index >= 15 is 0 Å². The quantitative estimate of drug-likeness (QED) is 0.795. The lowest BCUT2D eigenvalue weighted by Crippen LogP contribution is -2.23. The molecule has 2 rings (SSSR count). The fraction of sp³-hybridized carbons (Fsp3) is 0.538. The highest BCUT2D eigenvalue weighted by Crippen LogP contribution is 2.36. The molecule has 0 saturated heterocycles. The minimum absolute atomic E-state index is 0.455. The smallest absolute Gasteiger partial charge is 0.0410 e. The van der Waals surface area contributed by atoms with E-state index in [1.807, 2.05) is 13.1 Å². The molecule has 0 heterocycles. The van der Waals surface area contributed by atoms with E-state index < -0.39 is 0 Å². The van der Waals surface area contributed by atoms with Gasteiger partial charge in [0.2, 0.25) is 0 Å². The van der Waals surface area contributed by atoms with Crippen LogP contribution in [0.4, 0.5) is 0 Å². The molecule has 0 amide bonds. The fourth-order valence-electron chi connectivity index (χ4n) is 2.24. The van der Waals surface area contributed by atoms with Gasteiger partial charge < -0.3 is 5.32 Å². The molecule has 1 aliphatic carbocycles. The Hall–Kier alpha value is 0.200. The average Bonchev–Trinajstić information content (AvgIpc) is 2.21. The lowest BCUT2D eigenvalue weighted by Gasteiger charge is -2.30. The van der Waals surface area contributed by atoms with Crippen molar-refractivity contribution in [1.82, 2.24) is 5.32 Å². The zero-order chi connectivity index (χ0) is 11.5. The van der Waals surface area contributed by atoms with Crippen molar-refractivity contribution < 1.29 is 0 Å². The maximum absolute atomic E-state index is 6.07. The van der Waals surface area contributed by atoms with Crippen LogP contribution in [0.1, 0.15) is 37.3 Å². The van der Waals surface area contributed by atoms with Gasteiger partial charge in [0.05, 0.1) is 0 Å². The zero-order valence-electron chi connectivity index (χ0n) is 9.47. The summed E-state index contributed by atoms with van der Waals surface area (Å²) in [5, 5.41) is 4.26. The zero-order valence-corrected chi connectivity index (χ0v) is 12.4. The van der Waals surface area contributed by atoms with Crippen molar-refractivity contribution in [3.63, 3.8) is 0 Å². The summed E-state index contributed by atoms with van der Waals surface area (Å²) in [5.74, 6) is 0.909. The number of halogens is 2. The third-order valence-corrected chi connectivity index (χ3v) is 4.69. The molecule has 1 unspecified atom stereocenters. The van der Waals surface area contributed by atoms with Crippen LogP contribution in [0.15, 0.2) is 18.2 Å². The van der Waals surface area contributed by atoms with Crippen LogP contribution >= 0.6 is 34.2 Å². The molecule has 88 valence electrons. The first-order valence-corrected chi connectivity index (χ1v) is 7.28. The summed E-state index contributed by atoms with van der Waals surface area (Å²) in [6.45, 7) is 0. The predicted molar refractivity (Wildman–Crippen MR) is 77.9 cm³/mol. The van der Waals surface area contributed by atoms with E-state index in [0.717, 1.165) is 10.9 Å². The Balaban J connectivity index is 2.14. The topological polar surface area (TPSA) is 12.0 Å². The molecule has 3 heteroatoms. The van der Waals surface area contributed by atoms with Gasteiger partial charge >= 0.3 is 0 Å². The molecule has 0 aliphatic heterocycles. The van der Waals surface area contributed by atoms with Crippen molar-refractivity contribution in [3.05, 3.63) is 32.4 Å². The average molecular weight is 350 g/mol. The van der Waals surface area contributed by atoms with Crippen molar-refractivity contribution in [2.75, 3.05) is 7.05 Å². The van der Waals surface area contributed by atoms with Gasteiger partial charge in [0.25, 0.3) is 0 Å². The molecular weight excluding hydrogens is 333 g/mol. The molecule has 1 atom stereocenters. The van der Waals surface area contributed by atoms with Crippen molar-refractivity contribution in [3.8, 4) is 0 Å². The molecule has 1 saturated carbocycles. The first kappa shape index (κ1) is 12.7. The molecule has 0 spiro atoms. The minimum atomic E-state index is 0.455. The first-order valence-electron chi connectivity index (χ1n) is 5.83.